The number of thiophene rings is 3. The van der Waals surface area contributed by atoms with E-state index in [0.29, 0.717) is 0 Å². The van der Waals surface area contributed by atoms with Crippen molar-refractivity contribution in [2.75, 3.05) is 0 Å². The van der Waals surface area contributed by atoms with Gasteiger partial charge in [-0.15, -0.1) is 72.9 Å². The van der Waals surface area contributed by atoms with E-state index in [1.807, 2.05) is 55.1 Å². The molecule has 3 aromatic heterocycles. The third-order valence-corrected chi connectivity index (χ3v) is 7.20. The summed E-state index contributed by atoms with van der Waals surface area (Å²) in [6, 6.07) is 16.0. The molecule has 0 aliphatic carbocycles. The normalized spacial score (nSPS) is 14.6. The molecular formula is C27H24IrN3S3. The minimum atomic E-state index is 0. The molecule has 6 rings (SSSR count). The molecule has 0 bridgehead atoms. The Morgan fingerprint density at radius 1 is 0.471 bits per heavy atom. The largest absolute Gasteiger partial charge is 3.00 e. The minimum Gasteiger partial charge on any atom is -0.414 e. The Balaban J connectivity index is 0.000000141. The van der Waals surface area contributed by atoms with Gasteiger partial charge in [-0.05, 0) is 34.7 Å². The molecule has 0 aromatic carbocycles. The number of nitrogens with one attached hydrogen (secondary N) is 3. The molecule has 3 aromatic rings. The van der Waals surface area contributed by atoms with Crippen LogP contribution in [0.3, 0.4) is 0 Å². The first-order valence-corrected chi connectivity index (χ1v) is 13.1. The van der Waals surface area contributed by atoms with E-state index >= 15 is 0 Å². The van der Waals surface area contributed by atoms with Gasteiger partial charge < -0.3 is 16.0 Å². The third kappa shape index (κ3) is 7.90. The molecule has 3 N–H and O–H groups in total. The second-order valence-corrected chi connectivity index (χ2v) is 9.60. The predicted octanol–water partition coefficient (Wildman–Crippen LogP) is 6.90. The van der Waals surface area contributed by atoms with Gasteiger partial charge in [0.25, 0.3) is 0 Å². The third-order valence-electron chi connectivity index (χ3n) is 4.49. The summed E-state index contributed by atoms with van der Waals surface area (Å²) in [5.74, 6) is 0. The molecule has 0 atom stereocenters. The van der Waals surface area contributed by atoms with Crippen LogP contribution in [0, 0.1) is 18.1 Å². The average Bonchev–Trinajstić information content (AvgIpc) is 3.70. The fourth-order valence-electron chi connectivity index (χ4n) is 2.94. The van der Waals surface area contributed by atoms with Gasteiger partial charge >= 0.3 is 20.1 Å². The maximum Gasteiger partial charge on any atom is 3.00 e. The average molecular weight is 679 g/mol. The molecule has 0 amide bonds. The van der Waals surface area contributed by atoms with Crippen molar-refractivity contribution in [3.8, 4) is 0 Å². The zero-order valence-electron chi connectivity index (χ0n) is 18.2. The van der Waals surface area contributed by atoms with Gasteiger partial charge in [0.05, 0.1) is 0 Å². The van der Waals surface area contributed by atoms with Gasteiger partial charge in [-0.1, -0.05) is 32.8 Å². The van der Waals surface area contributed by atoms with Crippen LogP contribution in [-0.2, 0) is 20.1 Å². The van der Waals surface area contributed by atoms with E-state index < -0.39 is 0 Å². The van der Waals surface area contributed by atoms with Crippen LogP contribution in [0.25, 0.3) is 0 Å². The van der Waals surface area contributed by atoms with E-state index in [9.17, 15) is 0 Å². The number of hydrogen-bond donors (Lipinski definition) is 3. The van der Waals surface area contributed by atoms with Crippen LogP contribution in [0.1, 0.15) is 14.6 Å². The summed E-state index contributed by atoms with van der Waals surface area (Å²) in [5, 5.41) is 15.8. The Kier molecular flexibility index (Phi) is 11.0. The first-order valence-electron chi connectivity index (χ1n) is 10.4. The molecule has 174 valence electrons. The standard InChI is InChI=1S/3C9H8NS.Ir/c3*1-2-6-10-8(4-1)9-5-3-7-11-9;/h3*1-7,10H;/q3*-1;+3. The minimum absolute atomic E-state index is 0. The van der Waals surface area contributed by atoms with Crippen molar-refractivity contribution in [2.45, 2.75) is 0 Å². The topological polar surface area (TPSA) is 36.1 Å². The van der Waals surface area contributed by atoms with Crippen molar-refractivity contribution >= 4 is 34.0 Å². The summed E-state index contributed by atoms with van der Waals surface area (Å²) in [6.07, 6.45) is 24.1. The number of dihydropyridines is 3. The van der Waals surface area contributed by atoms with Crippen molar-refractivity contribution in [3.63, 3.8) is 0 Å². The van der Waals surface area contributed by atoms with Crippen molar-refractivity contribution in [3.05, 3.63) is 159 Å². The van der Waals surface area contributed by atoms with Gasteiger partial charge in [-0.2, -0.15) is 52.2 Å². The van der Waals surface area contributed by atoms with Crippen LogP contribution in [-0.4, -0.2) is 0 Å². The fourth-order valence-corrected chi connectivity index (χ4v) is 5.08. The fraction of sp³-hybridized carbons (Fsp3) is 0. The molecule has 6 heterocycles. The molecule has 0 fully saturated rings. The Morgan fingerprint density at radius 2 is 0.794 bits per heavy atom. The Labute approximate surface area is 227 Å². The molecule has 0 unspecified atom stereocenters. The second-order valence-electron chi connectivity index (χ2n) is 6.76. The molecule has 0 saturated heterocycles. The molecule has 34 heavy (non-hydrogen) atoms. The van der Waals surface area contributed by atoms with E-state index in [1.165, 1.54) is 32.8 Å². The van der Waals surface area contributed by atoms with Crippen molar-refractivity contribution in [1.29, 1.82) is 0 Å². The molecular weight excluding hydrogens is 655 g/mol. The van der Waals surface area contributed by atoms with E-state index in [4.69, 9.17) is 0 Å². The smallest absolute Gasteiger partial charge is 0.414 e. The van der Waals surface area contributed by atoms with Crippen molar-refractivity contribution in [2.24, 2.45) is 0 Å². The van der Waals surface area contributed by atoms with Gasteiger partial charge in [0.2, 0.25) is 0 Å². The summed E-state index contributed by atoms with van der Waals surface area (Å²) in [4.78, 5) is 3.85. The summed E-state index contributed by atoms with van der Waals surface area (Å²) in [6.45, 7) is 0. The van der Waals surface area contributed by atoms with Crippen LogP contribution in [0.5, 0.6) is 0 Å². The van der Waals surface area contributed by atoms with E-state index in [2.05, 4.69) is 86.7 Å². The summed E-state index contributed by atoms with van der Waals surface area (Å²) >= 11 is 5.23. The SMILES string of the molecule is C1=CN[C-](c2cccs2)C=C1.C1=CN[C-](c2cccs2)C=C1.C1=CN[C-](c2cccs2)C=C1.[Ir+3]. The number of rotatable bonds is 3. The summed E-state index contributed by atoms with van der Waals surface area (Å²) < 4.78 is 0. The first-order chi connectivity index (χ1) is 16.4. The number of hydrogen-bond acceptors (Lipinski definition) is 6. The van der Waals surface area contributed by atoms with Crippen LogP contribution >= 0.6 is 34.0 Å². The Bertz CT molecular complexity index is 965. The maximum absolute atomic E-state index is 3.18. The molecule has 0 spiro atoms. The van der Waals surface area contributed by atoms with Gasteiger partial charge in [0, 0.05) is 0 Å². The Hall–Kier alpha value is -2.80. The zero-order valence-corrected chi connectivity index (χ0v) is 23.0. The van der Waals surface area contributed by atoms with Crippen molar-refractivity contribution in [1.82, 2.24) is 16.0 Å². The van der Waals surface area contributed by atoms with E-state index in [1.54, 1.807) is 34.0 Å². The molecule has 3 aliphatic rings. The predicted molar refractivity (Wildman–Crippen MR) is 144 cm³/mol. The van der Waals surface area contributed by atoms with Gasteiger partial charge in [-0.25, -0.2) is 0 Å². The van der Waals surface area contributed by atoms with E-state index in [0.717, 1.165) is 0 Å². The summed E-state index contributed by atoms with van der Waals surface area (Å²) in [7, 11) is 0. The molecule has 0 saturated carbocycles. The molecule has 3 aliphatic heterocycles. The summed E-state index contributed by atoms with van der Waals surface area (Å²) in [5.41, 5.74) is 0. The molecule has 3 nitrogen and oxygen atoms in total. The monoisotopic (exact) mass is 679 g/mol. The van der Waals surface area contributed by atoms with E-state index in [-0.39, 0.29) is 20.1 Å². The molecule has 0 radical (unpaired) electrons. The number of allylic oxidation sites excluding steroid dienone is 6. The Morgan fingerprint density at radius 3 is 1.00 bits per heavy atom. The van der Waals surface area contributed by atoms with Crippen LogP contribution < -0.4 is 16.0 Å². The van der Waals surface area contributed by atoms with Crippen molar-refractivity contribution < 1.29 is 20.1 Å². The second kappa shape index (κ2) is 14.5. The quantitative estimate of drug-likeness (QED) is 0.264. The first kappa shape index (κ1) is 25.8. The zero-order chi connectivity index (χ0) is 22.6. The van der Waals surface area contributed by atoms with Gasteiger partial charge in [0.15, 0.2) is 0 Å². The van der Waals surface area contributed by atoms with Crippen LogP contribution in [0.15, 0.2) is 126 Å². The van der Waals surface area contributed by atoms with Crippen LogP contribution in [0.2, 0.25) is 0 Å². The van der Waals surface area contributed by atoms with Gasteiger partial charge in [0.1, 0.15) is 0 Å². The molecule has 7 heteroatoms. The van der Waals surface area contributed by atoms with Gasteiger partial charge in [-0.3, -0.25) is 0 Å². The van der Waals surface area contributed by atoms with Crippen LogP contribution in [0.4, 0.5) is 0 Å². The maximum atomic E-state index is 3.18.